The van der Waals surface area contributed by atoms with E-state index in [1.165, 1.54) is 24.8 Å². The smallest absolute Gasteiger partial charge is 0.0836 e. The average molecular weight is 352 g/mol. The summed E-state index contributed by atoms with van der Waals surface area (Å²) in [6.07, 6.45) is 12.7. The third-order valence-corrected chi connectivity index (χ3v) is 5.52. The third kappa shape index (κ3) is 9.03. The van der Waals surface area contributed by atoms with E-state index in [0.717, 1.165) is 38.2 Å². The van der Waals surface area contributed by atoms with E-state index in [-0.39, 0.29) is 12.2 Å². The summed E-state index contributed by atoms with van der Waals surface area (Å²) in [5.74, 6) is 1.81. The SMILES string of the molecule is C=C(CCC(OC[C@@H]1CC=CCC1)C(C)OC)[C@@H](CN)CCC(C)C. The molecule has 0 aromatic heterocycles. The van der Waals surface area contributed by atoms with Gasteiger partial charge < -0.3 is 15.2 Å². The van der Waals surface area contributed by atoms with Gasteiger partial charge in [-0.25, -0.2) is 0 Å². The number of hydrogen-bond acceptors (Lipinski definition) is 3. The van der Waals surface area contributed by atoms with Crippen LogP contribution in [-0.2, 0) is 9.47 Å². The Morgan fingerprint density at radius 3 is 2.52 bits per heavy atom. The summed E-state index contributed by atoms with van der Waals surface area (Å²) < 4.78 is 11.8. The van der Waals surface area contributed by atoms with Crippen molar-refractivity contribution in [2.75, 3.05) is 20.3 Å². The Bertz CT molecular complexity index is 391. The minimum absolute atomic E-state index is 0.110. The molecule has 0 aliphatic heterocycles. The molecule has 3 nitrogen and oxygen atoms in total. The molecule has 3 heteroatoms. The molecule has 0 amide bonds. The van der Waals surface area contributed by atoms with Crippen LogP contribution in [0.25, 0.3) is 0 Å². The maximum absolute atomic E-state index is 6.27. The van der Waals surface area contributed by atoms with Crippen LogP contribution in [0.3, 0.4) is 0 Å². The molecule has 0 heterocycles. The van der Waals surface area contributed by atoms with Crippen molar-refractivity contribution in [3.8, 4) is 0 Å². The predicted molar refractivity (Wildman–Crippen MR) is 108 cm³/mol. The lowest BCUT2D eigenvalue weighted by molar-refractivity contribution is -0.0628. The fraction of sp³-hybridized carbons (Fsp3) is 0.818. The maximum Gasteiger partial charge on any atom is 0.0836 e. The maximum atomic E-state index is 6.27. The molecule has 0 aromatic carbocycles. The van der Waals surface area contributed by atoms with E-state index in [9.17, 15) is 0 Å². The van der Waals surface area contributed by atoms with Crippen LogP contribution in [0.4, 0.5) is 0 Å². The van der Waals surface area contributed by atoms with Crippen LogP contribution in [-0.4, -0.2) is 32.5 Å². The fourth-order valence-electron chi connectivity index (χ4n) is 3.43. The molecule has 0 radical (unpaired) electrons. The second kappa shape index (κ2) is 12.7. The lowest BCUT2D eigenvalue weighted by atomic mass is 9.88. The van der Waals surface area contributed by atoms with Crippen molar-refractivity contribution < 1.29 is 9.47 Å². The largest absolute Gasteiger partial charge is 0.379 e. The summed E-state index contributed by atoms with van der Waals surface area (Å²) >= 11 is 0. The molecule has 1 aliphatic rings. The lowest BCUT2D eigenvalue weighted by Gasteiger charge is -2.28. The van der Waals surface area contributed by atoms with E-state index in [1.54, 1.807) is 7.11 Å². The molecule has 25 heavy (non-hydrogen) atoms. The summed E-state index contributed by atoms with van der Waals surface area (Å²) in [7, 11) is 1.77. The molecule has 0 fully saturated rings. The zero-order chi connectivity index (χ0) is 18.7. The topological polar surface area (TPSA) is 44.5 Å². The summed E-state index contributed by atoms with van der Waals surface area (Å²) in [5.41, 5.74) is 7.26. The standard InChI is InChI=1S/C22H41NO2/c1-17(2)11-13-21(15-23)18(3)12-14-22(19(4)24-5)25-16-20-9-7-6-8-10-20/h6-7,17,19-22H,3,8-16,23H2,1-2,4-5H3/t19?,20-,21-,22?/m1/s1. The highest BCUT2D eigenvalue weighted by atomic mass is 16.5. The first-order valence-electron chi connectivity index (χ1n) is 10.1. The van der Waals surface area contributed by atoms with Crippen molar-refractivity contribution in [3.63, 3.8) is 0 Å². The second-order valence-electron chi connectivity index (χ2n) is 8.06. The number of ether oxygens (including phenoxy) is 2. The van der Waals surface area contributed by atoms with Crippen LogP contribution in [0.2, 0.25) is 0 Å². The van der Waals surface area contributed by atoms with Gasteiger partial charge in [0.15, 0.2) is 0 Å². The Balaban J connectivity index is 2.44. The summed E-state index contributed by atoms with van der Waals surface area (Å²) in [6.45, 7) is 12.5. The first-order chi connectivity index (χ1) is 12.0. The van der Waals surface area contributed by atoms with Crippen LogP contribution < -0.4 is 5.73 Å². The minimum atomic E-state index is 0.110. The Morgan fingerprint density at radius 2 is 1.96 bits per heavy atom. The number of methoxy groups -OCH3 is 1. The van der Waals surface area contributed by atoms with E-state index in [4.69, 9.17) is 15.2 Å². The number of rotatable bonds is 13. The Hall–Kier alpha value is -0.640. The van der Waals surface area contributed by atoms with Crippen LogP contribution in [0, 0.1) is 17.8 Å². The van der Waals surface area contributed by atoms with Gasteiger partial charge in [-0.2, -0.15) is 0 Å². The van der Waals surface area contributed by atoms with E-state index in [2.05, 4.69) is 39.5 Å². The molecule has 2 N–H and O–H groups in total. The van der Waals surface area contributed by atoms with Crippen LogP contribution >= 0.6 is 0 Å². The zero-order valence-corrected chi connectivity index (χ0v) is 17.0. The zero-order valence-electron chi connectivity index (χ0n) is 17.0. The van der Waals surface area contributed by atoms with Crippen LogP contribution in [0.1, 0.15) is 65.7 Å². The summed E-state index contributed by atoms with van der Waals surface area (Å²) in [4.78, 5) is 0. The lowest BCUT2D eigenvalue weighted by Crippen LogP contribution is -2.31. The van der Waals surface area contributed by atoms with Gasteiger partial charge in [-0.05, 0) is 69.7 Å². The van der Waals surface area contributed by atoms with Crippen molar-refractivity contribution in [1.29, 1.82) is 0 Å². The molecule has 146 valence electrons. The number of nitrogens with two attached hydrogens (primary N) is 1. The van der Waals surface area contributed by atoms with Crippen LogP contribution in [0.15, 0.2) is 24.3 Å². The summed E-state index contributed by atoms with van der Waals surface area (Å²) in [6, 6.07) is 0. The van der Waals surface area contributed by atoms with Crippen molar-refractivity contribution in [1.82, 2.24) is 0 Å². The van der Waals surface area contributed by atoms with E-state index >= 15 is 0 Å². The van der Waals surface area contributed by atoms with Gasteiger partial charge in [-0.15, -0.1) is 0 Å². The quantitative estimate of drug-likeness (QED) is 0.469. The number of allylic oxidation sites excluding steroid dienone is 2. The highest BCUT2D eigenvalue weighted by Gasteiger charge is 2.21. The Kier molecular flexibility index (Phi) is 11.4. The van der Waals surface area contributed by atoms with Gasteiger partial charge >= 0.3 is 0 Å². The predicted octanol–water partition coefficient (Wildman–Crippen LogP) is 5.11. The molecular weight excluding hydrogens is 310 g/mol. The van der Waals surface area contributed by atoms with Crippen molar-refractivity contribution in [2.24, 2.45) is 23.5 Å². The first kappa shape index (κ1) is 22.4. The van der Waals surface area contributed by atoms with Gasteiger partial charge in [0.25, 0.3) is 0 Å². The molecule has 0 bridgehead atoms. The van der Waals surface area contributed by atoms with Gasteiger partial charge in [0.2, 0.25) is 0 Å². The average Bonchev–Trinajstić information content (AvgIpc) is 2.62. The molecule has 0 saturated carbocycles. The van der Waals surface area contributed by atoms with Gasteiger partial charge in [-0.1, -0.05) is 44.6 Å². The second-order valence-corrected chi connectivity index (χ2v) is 8.06. The normalized spacial score (nSPS) is 21.3. The van der Waals surface area contributed by atoms with E-state index < -0.39 is 0 Å². The van der Waals surface area contributed by atoms with Gasteiger partial charge in [0.1, 0.15) is 0 Å². The molecule has 2 unspecified atom stereocenters. The molecular formula is C22H41NO2. The van der Waals surface area contributed by atoms with Gasteiger partial charge in [-0.3, -0.25) is 0 Å². The Morgan fingerprint density at radius 1 is 1.20 bits per heavy atom. The third-order valence-electron chi connectivity index (χ3n) is 5.52. The van der Waals surface area contributed by atoms with Gasteiger partial charge in [0, 0.05) is 7.11 Å². The monoisotopic (exact) mass is 351 g/mol. The fourth-order valence-corrected chi connectivity index (χ4v) is 3.43. The van der Waals surface area contributed by atoms with Crippen LogP contribution in [0.5, 0.6) is 0 Å². The van der Waals surface area contributed by atoms with Crippen molar-refractivity contribution in [3.05, 3.63) is 24.3 Å². The molecule has 0 spiro atoms. The van der Waals surface area contributed by atoms with Crippen molar-refractivity contribution in [2.45, 2.75) is 77.9 Å². The van der Waals surface area contributed by atoms with E-state index in [1.807, 2.05) is 0 Å². The number of hydrogen-bond donors (Lipinski definition) is 1. The van der Waals surface area contributed by atoms with Crippen molar-refractivity contribution >= 4 is 0 Å². The highest BCUT2D eigenvalue weighted by molar-refractivity contribution is 5.02. The molecule has 4 atom stereocenters. The highest BCUT2D eigenvalue weighted by Crippen LogP contribution is 2.25. The molecule has 1 rings (SSSR count). The molecule has 0 saturated heterocycles. The minimum Gasteiger partial charge on any atom is -0.379 e. The molecule has 0 aromatic rings. The summed E-state index contributed by atoms with van der Waals surface area (Å²) in [5, 5.41) is 0. The Labute approximate surface area is 156 Å². The van der Waals surface area contributed by atoms with Gasteiger partial charge in [0.05, 0.1) is 18.8 Å². The molecule has 1 aliphatic carbocycles. The first-order valence-corrected chi connectivity index (χ1v) is 10.1. The van der Waals surface area contributed by atoms with E-state index in [0.29, 0.717) is 18.4 Å².